The van der Waals surface area contributed by atoms with Crippen LogP contribution in [0.25, 0.3) is 0 Å². The van der Waals surface area contributed by atoms with Gasteiger partial charge in [0, 0.05) is 31.4 Å². The fraction of sp³-hybridized carbons (Fsp3) is 0.278. The molecule has 2 rings (SSSR count). The predicted octanol–water partition coefficient (Wildman–Crippen LogP) is 3.16. The number of benzene rings is 2. The summed E-state index contributed by atoms with van der Waals surface area (Å²) in [6.45, 7) is -1.90. The summed E-state index contributed by atoms with van der Waals surface area (Å²) in [5, 5.41) is 2.79. The zero-order valence-electron chi connectivity index (χ0n) is 14.0. The molecule has 0 fully saturated rings. The van der Waals surface area contributed by atoms with Gasteiger partial charge in [0.2, 0.25) is 0 Å². The van der Waals surface area contributed by atoms with Crippen LogP contribution in [-0.2, 0) is 0 Å². The Labute approximate surface area is 145 Å². The van der Waals surface area contributed by atoms with Gasteiger partial charge in [0.1, 0.15) is 0 Å². The minimum absolute atomic E-state index is 0.0781. The van der Waals surface area contributed by atoms with E-state index in [9.17, 15) is 13.6 Å². The van der Waals surface area contributed by atoms with Crippen molar-refractivity contribution >= 4 is 11.6 Å². The van der Waals surface area contributed by atoms with Gasteiger partial charge in [-0.05, 0) is 30.3 Å². The van der Waals surface area contributed by atoms with Crippen molar-refractivity contribution in [1.82, 2.24) is 5.32 Å². The van der Waals surface area contributed by atoms with Crippen LogP contribution >= 0.6 is 0 Å². The van der Waals surface area contributed by atoms with Crippen LogP contribution in [0.2, 0.25) is 0 Å². The zero-order chi connectivity index (χ0) is 18.2. The molecule has 0 atom stereocenters. The van der Waals surface area contributed by atoms with E-state index in [0.29, 0.717) is 18.7 Å². The summed E-state index contributed by atoms with van der Waals surface area (Å²) in [7, 11) is 3.26. The van der Waals surface area contributed by atoms with E-state index in [1.54, 1.807) is 0 Å². The van der Waals surface area contributed by atoms with Gasteiger partial charge in [-0.15, -0.1) is 0 Å². The number of para-hydroxylation sites is 1. The average Bonchev–Trinajstić information content (AvgIpc) is 2.62. The molecule has 0 aliphatic carbocycles. The summed E-state index contributed by atoms with van der Waals surface area (Å²) in [6.07, 6.45) is 0. The Morgan fingerprint density at radius 3 is 2.52 bits per heavy atom. The number of carbonyl (C=O) groups is 1. The van der Waals surface area contributed by atoms with Gasteiger partial charge in [0.25, 0.3) is 5.91 Å². The number of ether oxygens (including phenoxy) is 2. The Balaban J connectivity index is 1.92. The Hall–Kier alpha value is -2.83. The van der Waals surface area contributed by atoms with Crippen molar-refractivity contribution in [2.45, 2.75) is 6.61 Å². The van der Waals surface area contributed by atoms with Gasteiger partial charge in [-0.1, -0.05) is 18.2 Å². The molecule has 134 valence electrons. The molecule has 0 unspecified atom stereocenters. The van der Waals surface area contributed by atoms with Crippen LogP contribution in [0.1, 0.15) is 10.4 Å². The number of amides is 1. The zero-order valence-corrected chi connectivity index (χ0v) is 14.0. The lowest BCUT2D eigenvalue weighted by Crippen LogP contribution is -2.32. The summed E-state index contributed by atoms with van der Waals surface area (Å²) in [6, 6.07) is 13.9. The largest absolute Gasteiger partial charge is 0.493 e. The number of carbonyl (C=O) groups excluding carboxylic acids is 1. The molecule has 25 heavy (non-hydrogen) atoms. The first kappa shape index (κ1) is 18.5. The fourth-order valence-corrected chi connectivity index (χ4v) is 2.25. The summed E-state index contributed by atoms with van der Waals surface area (Å²) in [5.41, 5.74) is 1.35. The van der Waals surface area contributed by atoms with E-state index in [2.05, 4.69) is 10.1 Å². The number of hydrogen-bond donors (Lipinski definition) is 1. The molecule has 0 heterocycles. The molecular weight excluding hydrogens is 330 g/mol. The summed E-state index contributed by atoms with van der Waals surface area (Å²) < 4.78 is 34.0. The minimum Gasteiger partial charge on any atom is -0.493 e. The number of nitrogens with one attached hydrogen (secondary N) is 1. The molecule has 0 saturated carbocycles. The van der Waals surface area contributed by atoms with Crippen molar-refractivity contribution in [1.29, 1.82) is 0 Å². The van der Waals surface area contributed by atoms with Crippen molar-refractivity contribution in [3.8, 4) is 11.5 Å². The maximum Gasteiger partial charge on any atom is 0.387 e. The van der Waals surface area contributed by atoms with Crippen molar-refractivity contribution in [3.63, 3.8) is 0 Å². The molecule has 1 N–H and O–H groups in total. The number of nitrogens with zero attached hydrogens (tertiary/aromatic N) is 1. The van der Waals surface area contributed by atoms with Crippen LogP contribution in [0.15, 0.2) is 48.5 Å². The highest BCUT2D eigenvalue weighted by Crippen LogP contribution is 2.29. The van der Waals surface area contributed by atoms with E-state index in [1.165, 1.54) is 25.3 Å². The maximum absolute atomic E-state index is 12.3. The molecule has 0 aliphatic heterocycles. The van der Waals surface area contributed by atoms with Gasteiger partial charge in [0.05, 0.1) is 7.11 Å². The van der Waals surface area contributed by atoms with Gasteiger partial charge in [0.15, 0.2) is 11.5 Å². The molecule has 0 saturated heterocycles. The van der Waals surface area contributed by atoms with Crippen molar-refractivity contribution in [2.24, 2.45) is 0 Å². The third-order valence-corrected chi connectivity index (χ3v) is 3.57. The van der Waals surface area contributed by atoms with Crippen LogP contribution in [-0.4, -0.2) is 39.8 Å². The second kappa shape index (κ2) is 8.86. The number of methoxy groups -OCH3 is 1. The van der Waals surface area contributed by atoms with E-state index in [1.807, 2.05) is 42.3 Å². The Bertz CT molecular complexity index is 696. The molecule has 0 aliphatic rings. The van der Waals surface area contributed by atoms with Gasteiger partial charge in [-0.25, -0.2) is 0 Å². The number of likely N-dealkylation sites (N-methyl/N-ethyl adjacent to an activating group) is 1. The lowest BCUT2D eigenvalue weighted by atomic mass is 10.2. The highest BCUT2D eigenvalue weighted by Gasteiger charge is 2.14. The second-order valence-electron chi connectivity index (χ2n) is 5.26. The monoisotopic (exact) mass is 350 g/mol. The lowest BCUT2D eigenvalue weighted by Gasteiger charge is -2.19. The van der Waals surface area contributed by atoms with Gasteiger partial charge in [-0.3, -0.25) is 4.79 Å². The maximum atomic E-state index is 12.3. The SMILES string of the molecule is COc1cc(C(=O)NCCN(C)c2ccccc2)ccc1OC(F)F. The van der Waals surface area contributed by atoms with Gasteiger partial charge < -0.3 is 19.7 Å². The molecular formula is C18H20F2N2O3. The Kier molecular flexibility index (Phi) is 6.56. The van der Waals surface area contributed by atoms with Gasteiger partial charge in [-0.2, -0.15) is 8.78 Å². The molecule has 2 aromatic rings. The van der Waals surface area contributed by atoms with E-state index in [-0.39, 0.29) is 17.4 Å². The molecule has 0 bridgehead atoms. The number of halogens is 2. The first-order valence-electron chi connectivity index (χ1n) is 7.68. The van der Waals surface area contributed by atoms with Crippen molar-refractivity contribution in [3.05, 3.63) is 54.1 Å². The highest BCUT2D eigenvalue weighted by atomic mass is 19.3. The van der Waals surface area contributed by atoms with Crippen molar-refractivity contribution in [2.75, 3.05) is 32.1 Å². The van der Waals surface area contributed by atoms with Crippen LogP contribution in [0.4, 0.5) is 14.5 Å². The highest BCUT2D eigenvalue weighted by molar-refractivity contribution is 5.94. The molecule has 1 amide bonds. The van der Waals surface area contributed by atoms with E-state index in [4.69, 9.17) is 4.74 Å². The normalized spacial score (nSPS) is 10.4. The third-order valence-electron chi connectivity index (χ3n) is 3.57. The molecule has 0 aromatic heterocycles. The van der Waals surface area contributed by atoms with Crippen LogP contribution in [0.3, 0.4) is 0 Å². The first-order chi connectivity index (χ1) is 12.0. The molecule has 7 heteroatoms. The first-order valence-corrected chi connectivity index (χ1v) is 7.68. The quantitative estimate of drug-likeness (QED) is 0.795. The molecule has 0 radical (unpaired) electrons. The summed E-state index contributed by atoms with van der Waals surface area (Å²) in [4.78, 5) is 14.2. The second-order valence-corrected chi connectivity index (χ2v) is 5.26. The predicted molar refractivity (Wildman–Crippen MR) is 91.7 cm³/mol. The van der Waals surface area contributed by atoms with Gasteiger partial charge >= 0.3 is 6.61 Å². The number of anilines is 1. The number of rotatable bonds is 8. The molecule has 0 spiro atoms. The van der Waals surface area contributed by atoms with Crippen LogP contribution in [0.5, 0.6) is 11.5 Å². The molecule has 5 nitrogen and oxygen atoms in total. The summed E-state index contributed by atoms with van der Waals surface area (Å²) in [5.74, 6) is -0.351. The standard InChI is InChI=1S/C18H20F2N2O3/c1-22(14-6-4-3-5-7-14)11-10-21-17(23)13-8-9-15(25-18(19)20)16(12-13)24-2/h3-9,12,18H,10-11H2,1-2H3,(H,21,23). The Morgan fingerprint density at radius 1 is 1.16 bits per heavy atom. The minimum atomic E-state index is -2.96. The lowest BCUT2D eigenvalue weighted by molar-refractivity contribution is -0.0512. The number of alkyl halides is 2. The van der Waals surface area contributed by atoms with Crippen LogP contribution < -0.4 is 19.7 Å². The molecule has 2 aromatic carbocycles. The van der Waals surface area contributed by atoms with Crippen LogP contribution in [0, 0.1) is 0 Å². The Morgan fingerprint density at radius 2 is 1.88 bits per heavy atom. The van der Waals surface area contributed by atoms with E-state index >= 15 is 0 Å². The third kappa shape index (κ3) is 5.34. The smallest absolute Gasteiger partial charge is 0.387 e. The summed E-state index contributed by atoms with van der Waals surface area (Å²) >= 11 is 0. The fourth-order valence-electron chi connectivity index (χ4n) is 2.25. The van der Waals surface area contributed by atoms with E-state index in [0.717, 1.165) is 5.69 Å². The number of hydrogen-bond acceptors (Lipinski definition) is 4. The van der Waals surface area contributed by atoms with E-state index < -0.39 is 6.61 Å². The van der Waals surface area contributed by atoms with Crippen molar-refractivity contribution < 1.29 is 23.0 Å². The topological polar surface area (TPSA) is 50.8 Å². The average molecular weight is 350 g/mol.